The van der Waals surface area contributed by atoms with Gasteiger partial charge in [0.25, 0.3) is 0 Å². The molecule has 1 aromatic carbocycles. The van der Waals surface area contributed by atoms with E-state index < -0.39 is 0 Å². The Labute approximate surface area is 121 Å². The summed E-state index contributed by atoms with van der Waals surface area (Å²) in [5, 5.41) is 6.32. The fourth-order valence-electron chi connectivity index (χ4n) is 1.86. The van der Waals surface area contributed by atoms with Crippen molar-refractivity contribution >= 4 is 5.91 Å². The lowest BCUT2D eigenvalue weighted by Crippen LogP contribution is -2.34. The van der Waals surface area contributed by atoms with Gasteiger partial charge in [-0.25, -0.2) is 0 Å². The molecule has 0 saturated heterocycles. The summed E-state index contributed by atoms with van der Waals surface area (Å²) in [6.07, 6.45) is 1.46. The average molecular weight is 278 g/mol. The Balaban J connectivity index is 2.32. The maximum Gasteiger partial charge on any atom is 0.221 e. The first-order valence-corrected chi connectivity index (χ1v) is 7.23. The normalized spacial score (nSPS) is 13.6. The zero-order valence-electron chi connectivity index (χ0n) is 12.9. The van der Waals surface area contributed by atoms with E-state index in [4.69, 9.17) is 4.74 Å². The quantitative estimate of drug-likeness (QED) is 0.768. The Kier molecular flexibility index (Phi) is 7.09. The second-order valence-electron chi connectivity index (χ2n) is 5.08. The van der Waals surface area contributed by atoms with Crippen LogP contribution in [-0.2, 0) is 4.79 Å². The number of methoxy groups -OCH3 is 1. The Hall–Kier alpha value is -1.55. The topological polar surface area (TPSA) is 50.4 Å². The molecule has 2 atom stereocenters. The van der Waals surface area contributed by atoms with Gasteiger partial charge in [0.15, 0.2) is 0 Å². The lowest BCUT2D eigenvalue weighted by molar-refractivity contribution is -0.121. The van der Waals surface area contributed by atoms with Crippen molar-refractivity contribution in [2.45, 2.75) is 45.7 Å². The van der Waals surface area contributed by atoms with E-state index in [-0.39, 0.29) is 18.0 Å². The predicted octanol–water partition coefficient (Wildman–Crippen LogP) is 2.65. The molecule has 2 N–H and O–H groups in total. The Morgan fingerprint density at radius 2 is 1.90 bits per heavy atom. The second-order valence-corrected chi connectivity index (χ2v) is 5.08. The van der Waals surface area contributed by atoms with E-state index in [1.165, 1.54) is 5.56 Å². The Morgan fingerprint density at radius 1 is 1.25 bits per heavy atom. The van der Waals surface area contributed by atoms with Crippen molar-refractivity contribution in [2.24, 2.45) is 0 Å². The summed E-state index contributed by atoms with van der Waals surface area (Å²) in [4.78, 5) is 11.6. The third-order valence-corrected chi connectivity index (χ3v) is 3.44. The molecule has 0 saturated carbocycles. The van der Waals surface area contributed by atoms with Crippen LogP contribution in [0.15, 0.2) is 24.3 Å². The number of rotatable bonds is 8. The third-order valence-electron chi connectivity index (χ3n) is 3.44. The second kappa shape index (κ2) is 8.59. The fourth-order valence-corrected chi connectivity index (χ4v) is 1.86. The van der Waals surface area contributed by atoms with Crippen LogP contribution >= 0.6 is 0 Å². The molecule has 20 heavy (non-hydrogen) atoms. The molecular formula is C16H26N2O2. The zero-order chi connectivity index (χ0) is 15.0. The van der Waals surface area contributed by atoms with Gasteiger partial charge in [0.05, 0.1) is 7.11 Å². The highest BCUT2D eigenvalue weighted by Gasteiger charge is 2.08. The summed E-state index contributed by atoms with van der Waals surface area (Å²) >= 11 is 0. The van der Waals surface area contributed by atoms with Gasteiger partial charge in [0.1, 0.15) is 5.75 Å². The van der Waals surface area contributed by atoms with Gasteiger partial charge in [-0.15, -0.1) is 0 Å². The number of nitrogens with one attached hydrogen (secondary N) is 2. The Bertz CT molecular complexity index is 403. The monoisotopic (exact) mass is 278 g/mol. The first kappa shape index (κ1) is 16.5. The van der Waals surface area contributed by atoms with Crippen LogP contribution in [0, 0.1) is 0 Å². The van der Waals surface area contributed by atoms with Crippen molar-refractivity contribution < 1.29 is 9.53 Å². The molecule has 2 unspecified atom stereocenters. The first-order valence-electron chi connectivity index (χ1n) is 7.23. The summed E-state index contributed by atoms with van der Waals surface area (Å²) < 4.78 is 5.14. The van der Waals surface area contributed by atoms with E-state index in [2.05, 4.69) is 24.5 Å². The summed E-state index contributed by atoms with van der Waals surface area (Å²) in [5.74, 6) is 0.961. The average Bonchev–Trinajstić information content (AvgIpc) is 2.47. The van der Waals surface area contributed by atoms with Crippen molar-refractivity contribution in [3.63, 3.8) is 0 Å². The minimum Gasteiger partial charge on any atom is -0.497 e. The summed E-state index contributed by atoms with van der Waals surface area (Å²) in [6, 6.07) is 8.44. The highest BCUT2D eigenvalue weighted by Crippen LogP contribution is 2.16. The molecule has 4 nitrogen and oxygen atoms in total. The molecule has 1 amide bonds. The van der Waals surface area contributed by atoms with Gasteiger partial charge in [-0.1, -0.05) is 19.1 Å². The minimum atomic E-state index is 0.105. The molecule has 0 aliphatic rings. The van der Waals surface area contributed by atoms with Crippen LogP contribution in [0.3, 0.4) is 0 Å². The van der Waals surface area contributed by atoms with E-state index in [1.54, 1.807) is 7.11 Å². The van der Waals surface area contributed by atoms with Crippen molar-refractivity contribution in [3.8, 4) is 5.75 Å². The number of carbonyl (C=O) groups excluding carboxylic acids is 1. The molecule has 0 heterocycles. The van der Waals surface area contributed by atoms with E-state index in [0.717, 1.165) is 12.2 Å². The van der Waals surface area contributed by atoms with Crippen LogP contribution in [-0.4, -0.2) is 25.6 Å². The van der Waals surface area contributed by atoms with E-state index in [9.17, 15) is 4.79 Å². The molecule has 0 aromatic heterocycles. The van der Waals surface area contributed by atoms with Crippen molar-refractivity contribution in [1.29, 1.82) is 0 Å². The number of amides is 1. The van der Waals surface area contributed by atoms with Crippen molar-refractivity contribution in [3.05, 3.63) is 29.8 Å². The molecule has 0 spiro atoms. The SMILES string of the molecule is CCC(C)NC(=O)CCNC(C)c1ccc(OC)cc1. The molecule has 1 aromatic rings. The van der Waals surface area contributed by atoms with Crippen LogP contribution < -0.4 is 15.4 Å². The molecule has 0 radical (unpaired) electrons. The molecule has 1 rings (SSSR count). The van der Waals surface area contributed by atoms with Gasteiger partial charge < -0.3 is 15.4 Å². The van der Waals surface area contributed by atoms with Crippen molar-refractivity contribution in [1.82, 2.24) is 10.6 Å². The number of hydrogen-bond acceptors (Lipinski definition) is 3. The third kappa shape index (κ3) is 5.61. The highest BCUT2D eigenvalue weighted by atomic mass is 16.5. The van der Waals surface area contributed by atoms with Gasteiger partial charge in [-0.2, -0.15) is 0 Å². The molecule has 0 fully saturated rings. The number of hydrogen-bond donors (Lipinski definition) is 2. The maximum atomic E-state index is 11.6. The summed E-state index contributed by atoms with van der Waals surface area (Å²) in [6.45, 7) is 6.85. The maximum absolute atomic E-state index is 11.6. The lowest BCUT2D eigenvalue weighted by atomic mass is 10.1. The van der Waals surface area contributed by atoms with Gasteiger partial charge in [0, 0.05) is 25.0 Å². The molecule has 0 bridgehead atoms. The highest BCUT2D eigenvalue weighted by molar-refractivity contribution is 5.76. The number of benzene rings is 1. The molecule has 0 aliphatic carbocycles. The van der Waals surface area contributed by atoms with Crippen LogP contribution in [0.4, 0.5) is 0 Å². The van der Waals surface area contributed by atoms with Crippen LogP contribution in [0.2, 0.25) is 0 Å². The standard InChI is InChI=1S/C16H26N2O2/c1-5-12(2)18-16(19)10-11-17-13(3)14-6-8-15(20-4)9-7-14/h6-9,12-13,17H,5,10-11H2,1-4H3,(H,18,19). The fraction of sp³-hybridized carbons (Fsp3) is 0.562. The number of ether oxygens (including phenoxy) is 1. The Morgan fingerprint density at radius 3 is 2.45 bits per heavy atom. The van der Waals surface area contributed by atoms with Gasteiger partial charge >= 0.3 is 0 Å². The van der Waals surface area contributed by atoms with Crippen LogP contribution in [0.1, 0.15) is 45.2 Å². The minimum absolute atomic E-state index is 0.105. The summed E-state index contributed by atoms with van der Waals surface area (Å²) in [5.41, 5.74) is 1.19. The number of carbonyl (C=O) groups is 1. The predicted molar refractivity (Wildman–Crippen MR) is 81.9 cm³/mol. The first-order chi connectivity index (χ1) is 9.56. The van der Waals surface area contributed by atoms with Gasteiger partial charge in [-0.3, -0.25) is 4.79 Å². The zero-order valence-corrected chi connectivity index (χ0v) is 12.9. The van der Waals surface area contributed by atoms with E-state index in [0.29, 0.717) is 13.0 Å². The van der Waals surface area contributed by atoms with E-state index in [1.807, 2.05) is 31.2 Å². The van der Waals surface area contributed by atoms with Crippen molar-refractivity contribution in [2.75, 3.05) is 13.7 Å². The lowest BCUT2D eigenvalue weighted by Gasteiger charge is -2.15. The molecule has 112 valence electrons. The van der Waals surface area contributed by atoms with E-state index >= 15 is 0 Å². The largest absolute Gasteiger partial charge is 0.497 e. The molecular weight excluding hydrogens is 252 g/mol. The summed E-state index contributed by atoms with van der Waals surface area (Å²) in [7, 11) is 1.66. The molecule has 0 aliphatic heterocycles. The van der Waals surface area contributed by atoms with Gasteiger partial charge in [-0.05, 0) is 38.0 Å². The smallest absolute Gasteiger partial charge is 0.221 e. The van der Waals surface area contributed by atoms with Crippen LogP contribution in [0.25, 0.3) is 0 Å². The van der Waals surface area contributed by atoms with Gasteiger partial charge in [0.2, 0.25) is 5.91 Å². The van der Waals surface area contributed by atoms with Crippen LogP contribution in [0.5, 0.6) is 5.75 Å². The molecule has 4 heteroatoms.